The quantitative estimate of drug-likeness (QED) is 0.692. The van der Waals surface area contributed by atoms with Crippen LogP contribution in [0, 0.1) is 6.92 Å². The van der Waals surface area contributed by atoms with Gasteiger partial charge in [0.05, 0.1) is 0 Å². The second-order valence-electron chi connectivity index (χ2n) is 2.24. The van der Waals surface area contributed by atoms with Crippen molar-refractivity contribution in [3.8, 4) is 5.75 Å². The molecule has 0 bridgehead atoms. The lowest BCUT2D eigenvalue weighted by molar-refractivity contribution is 0.474. The van der Waals surface area contributed by atoms with Crippen LogP contribution in [0.2, 0.25) is 0 Å². The van der Waals surface area contributed by atoms with Crippen molar-refractivity contribution >= 4 is 15.9 Å². The highest BCUT2D eigenvalue weighted by molar-refractivity contribution is 9.08. The van der Waals surface area contributed by atoms with Crippen molar-refractivity contribution in [1.82, 2.24) is 0 Å². The number of alkyl halides is 1. The molecule has 0 aromatic heterocycles. The lowest BCUT2D eigenvalue weighted by Crippen LogP contribution is -1.81. The van der Waals surface area contributed by atoms with Crippen molar-refractivity contribution in [3.63, 3.8) is 0 Å². The van der Waals surface area contributed by atoms with Crippen LogP contribution in [0.1, 0.15) is 11.1 Å². The molecule has 1 rings (SSSR count). The third-order valence-corrected chi connectivity index (χ3v) is 2.08. The molecule has 54 valence electrons. The fourth-order valence-corrected chi connectivity index (χ4v) is 1.41. The van der Waals surface area contributed by atoms with Crippen molar-refractivity contribution in [2.45, 2.75) is 12.3 Å². The van der Waals surface area contributed by atoms with Gasteiger partial charge in [-0.3, -0.25) is 0 Å². The summed E-state index contributed by atoms with van der Waals surface area (Å²) in [4.78, 5) is 0. The summed E-state index contributed by atoms with van der Waals surface area (Å²) < 4.78 is 0. The monoisotopic (exact) mass is 200 g/mol. The highest BCUT2D eigenvalue weighted by atomic mass is 79.9. The first-order valence-electron chi connectivity index (χ1n) is 3.08. The predicted octanol–water partition coefficient (Wildman–Crippen LogP) is 2.60. The van der Waals surface area contributed by atoms with Crippen LogP contribution >= 0.6 is 15.9 Å². The van der Waals surface area contributed by atoms with Gasteiger partial charge in [0, 0.05) is 5.33 Å². The number of halogens is 1. The normalized spacial score (nSPS) is 9.80. The average molecular weight is 201 g/mol. The number of aryl methyl sites for hydroxylation is 1. The van der Waals surface area contributed by atoms with Gasteiger partial charge in [0.25, 0.3) is 0 Å². The van der Waals surface area contributed by atoms with Gasteiger partial charge in [-0.2, -0.15) is 0 Å². The number of rotatable bonds is 1. The van der Waals surface area contributed by atoms with E-state index in [0.717, 1.165) is 10.9 Å². The van der Waals surface area contributed by atoms with Gasteiger partial charge < -0.3 is 5.11 Å². The second-order valence-corrected chi connectivity index (χ2v) is 2.81. The molecule has 0 fully saturated rings. The maximum atomic E-state index is 9.05. The molecule has 0 amide bonds. The maximum Gasteiger partial charge on any atom is 0.115 e. The van der Waals surface area contributed by atoms with E-state index in [1.54, 1.807) is 12.1 Å². The average Bonchev–Trinajstić information content (AvgIpc) is 1.94. The van der Waals surface area contributed by atoms with Gasteiger partial charge in [-0.1, -0.05) is 22.0 Å². The van der Waals surface area contributed by atoms with Gasteiger partial charge in [-0.05, 0) is 30.2 Å². The minimum absolute atomic E-state index is 0.333. The first kappa shape index (κ1) is 7.61. The minimum atomic E-state index is 0.333. The zero-order valence-corrected chi connectivity index (χ0v) is 7.35. The largest absolute Gasteiger partial charge is 0.508 e. The number of aromatic hydroxyl groups is 1. The first-order chi connectivity index (χ1) is 4.74. The highest BCUT2D eigenvalue weighted by Gasteiger charge is 1.95. The van der Waals surface area contributed by atoms with Crippen molar-refractivity contribution < 1.29 is 5.11 Å². The Morgan fingerprint density at radius 1 is 1.50 bits per heavy atom. The van der Waals surface area contributed by atoms with E-state index in [1.807, 2.05) is 13.0 Å². The Morgan fingerprint density at radius 2 is 2.20 bits per heavy atom. The van der Waals surface area contributed by atoms with Crippen molar-refractivity contribution in [2.24, 2.45) is 0 Å². The van der Waals surface area contributed by atoms with E-state index in [9.17, 15) is 0 Å². The van der Waals surface area contributed by atoms with E-state index in [1.165, 1.54) is 5.56 Å². The van der Waals surface area contributed by atoms with Gasteiger partial charge in [-0.15, -0.1) is 0 Å². The van der Waals surface area contributed by atoms with Crippen LogP contribution in [0.5, 0.6) is 5.75 Å². The summed E-state index contributed by atoms with van der Waals surface area (Å²) in [7, 11) is 0. The number of benzene rings is 1. The molecular weight excluding hydrogens is 192 g/mol. The molecular formula is C8H9BrO. The summed E-state index contributed by atoms with van der Waals surface area (Å²) in [5.41, 5.74) is 2.34. The van der Waals surface area contributed by atoms with Crippen LogP contribution in [0.15, 0.2) is 18.2 Å². The molecule has 1 aromatic carbocycles. The second kappa shape index (κ2) is 3.06. The topological polar surface area (TPSA) is 20.2 Å². The molecule has 2 heteroatoms. The molecule has 0 atom stereocenters. The van der Waals surface area contributed by atoms with E-state index in [4.69, 9.17) is 5.11 Å². The Morgan fingerprint density at radius 3 is 2.70 bits per heavy atom. The van der Waals surface area contributed by atoms with Gasteiger partial charge in [0.15, 0.2) is 0 Å². The van der Waals surface area contributed by atoms with Crippen LogP contribution in [0.4, 0.5) is 0 Å². The minimum Gasteiger partial charge on any atom is -0.508 e. The first-order valence-corrected chi connectivity index (χ1v) is 4.20. The number of phenolic OH excluding ortho intramolecular Hbond substituents is 1. The molecule has 0 saturated heterocycles. The van der Waals surface area contributed by atoms with Gasteiger partial charge in [0.1, 0.15) is 5.75 Å². The molecule has 0 saturated carbocycles. The molecule has 0 spiro atoms. The van der Waals surface area contributed by atoms with Crippen LogP contribution in [0.3, 0.4) is 0 Å². The van der Waals surface area contributed by atoms with E-state index in [2.05, 4.69) is 15.9 Å². The van der Waals surface area contributed by atoms with Crippen molar-refractivity contribution in [3.05, 3.63) is 29.3 Å². The van der Waals surface area contributed by atoms with Crippen LogP contribution in [0.25, 0.3) is 0 Å². The van der Waals surface area contributed by atoms with E-state index >= 15 is 0 Å². The lowest BCUT2D eigenvalue weighted by Gasteiger charge is -2.00. The Balaban J connectivity index is 3.09. The lowest BCUT2D eigenvalue weighted by atomic mass is 10.1. The Labute approximate surface area is 68.8 Å². The summed E-state index contributed by atoms with van der Waals surface area (Å²) in [5, 5.41) is 9.85. The third-order valence-electron chi connectivity index (χ3n) is 1.48. The Hall–Kier alpha value is -0.500. The standard InChI is InChI=1S/C8H9BrO/c1-6-2-3-8(10)4-7(6)5-9/h2-4,10H,5H2,1H3. The van der Waals surface area contributed by atoms with Crippen LogP contribution in [-0.4, -0.2) is 5.11 Å². The molecule has 0 unspecified atom stereocenters. The van der Waals surface area contributed by atoms with Crippen molar-refractivity contribution in [2.75, 3.05) is 0 Å². The van der Waals surface area contributed by atoms with Gasteiger partial charge >= 0.3 is 0 Å². The molecule has 1 nitrogen and oxygen atoms in total. The Bertz CT molecular complexity index is 233. The zero-order chi connectivity index (χ0) is 7.56. The molecule has 1 N–H and O–H groups in total. The summed E-state index contributed by atoms with van der Waals surface area (Å²) in [6, 6.07) is 5.37. The third kappa shape index (κ3) is 1.51. The molecule has 0 aliphatic rings. The molecule has 0 radical (unpaired) electrons. The maximum absolute atomic E-state index is 9.05. The molecule has 0 aliphatic carbocycles. The fourth-order valence-electron chi connectivity index (χ4n) is 0.802. The smallest absolute Gasteiger partial charge is 0.115 e. The van der Waals surface area contributed by atoms with E-state index < -0.39 is 0 Å². The summed E-state index contributed by atoms with van der Waals surface area (Å²) in [6.45, 7) is 2.02. The van der Waals surface area contributed by atoms with E-state index in [-0.39, 0.29) is 0 Å². The summed E-state index contributed by atoms with van der Waals surface area (Å²) in [6.07, 6.45) is 0. The number of hydrogen-bond acceptors (Lipinski definition) is 1. The molecule has 0 aliphatic heterocycles. The SMILES string of the molecule is Cc1ccc(O)cc1CBr. The van der Waals surface area contributed by atoms with E-state index in [0.29, 0.717) is 5.75 Å². The number of hydrogen-bond donors (Lipinski definition) is 1. The molecule has 1 aromatic rings. The Kier molecular flexibility index (Phi) is 2.33. The molecule has 10 heavy (non-hydrogen) atoms. The zero-order valence-electron chi connectivity index (χ0n) is 5.76. The number of phenols is 1. The predicted molar refractivity (Wildman–Crippen MR) is 45.5 cm³/mol. The van der Waals surface area contributed by atoms with Gasteiger partial charge in [-0.25, -0.2) is 0 Å². The highest BCUT2D eigenvalue weighted by Crippen LogP contribution is 2.17. The molecule has 0 heterocycles. The van der Waals surface area contributed by atoms with Crippen molar-refractivity contribution in [1.29, 1.82) is 0 Å². The fraction of sp³-hybridized carbons (Fsp3) is 0.250. The van der Waals surface area contributed by atoms with Gasteiger partial charge in [0.2, 0.25) is 0 Å². The van der Waals surface area contributed by atoms with Crippen LogP contribution in [-0.2, 0) is 5.33 Å². The van der Waals surface area contributed by atoms with Crippen LogP contribution < -0.4 is 0 Å². The summed E-state index contributed by atoms with van der Waals surface area (Å²) >= 11 is 3.33. The summed E-state index contributed by atoms with van der Waals surface area (Å²) in [5.74, 6) is 0.333.